The fraction of sp³-hybridized carbons (Fsp3) is 0.250. The molecule has 0 spiro atoms. The lowest BCUT2D eigenvalue weighted by atomic mass is 10.2. The van der Waals surface area contributed by atoms with Crippen molar-refractivity contribution in [2.24, 2.45) is 7.05 Å². The molecule has 0 aliphatic carbocycles. The molecule has 0 aliphatic rings. The number of hydrogen-bond donors (Lipinski definition) is 1. The van der Waals surface area contributed by atoms with Gasteiger partial charge in [0.15, 0.2) is 11.5 Å². The molecule has 0 atom stereocenters. The Bertz CT molecular complexity index is 794. The topological polar surface area (TPSA) is 74.3 Å². The van der Waals surface area contributed by atoms with Crippen LogP contribution in [0.15, 0.2) is 40.9 Å². The van der Waals surface area contributed by atoms with Gasteiger partial charge in [0, 0.05) is 24.5 Å². The van der Waals surface area contributed by atoms with Crippen molar-refractivity contribution >= 4 is 6.01 Å². The molecule has 0 amide bonds. The zero-order valence-corrected chi connectivity index (χ0v) is 13.2. The second kappa shape index (κ2) is 6.43. The van der Waals surface area contributed by atoms with Crippen molar-refractivity contribution in [1.82, 2.24) is 14.8 Å². The second-order valence-electron chi connectivity index (χ2n) is 4.95. The Labute approximate surface area is 133 Å². The number of aromatic nitrogens is 3. The fourth-order valence-corrected chi connectivity index (χ4v) is 2.23. The van der Waals surface area contributed by atoms with Crippen molar-refractivity contribution in [2.75, 3.05) is 19.5 Å². The monoisotopic (exact) mass is 314 g/mol. The maximum atomic E-state index is 5.64. The number of nitrogens with zero attached hydrogens (tertiary/aromatic N) is 3. The summed E-state index contributed by atoms with van der Waals surface area (Å²) < 4.78 is 18.2. The summed E-state index contributed by atoms with van der Waals surface area (Å²) in [5, 5.41) is 11.2. The van der Waals surface area contributed by atoms with Crippen LogP contribution in [0, 0.1) is 0 Å². The van der Waals surface area contributed by atoms with Crippen molar-refractivity contribution in [1.29, 1.82) is 0 Å². The number of anilines is 1. The molecule has 0 radical (unpaired) electrons. The van der Waals surface area contributed by atoms with Crippen molar-refractivity contribution in [3.05, 3.63) is 42.2 Å². The molecule has 7 heteroatoms. The van der Waals surface area contributed by atoms with Crippen molar-refractivity contribution in [2.45, 2.75) is 6.54 Å². The highest BCUT2D eigenvalue weighted by Crippen LogP contribution is 2.32. The molecule has 1 aromatic carbocycles. The molecule has 0 saturated carbocycles. The minimum atomic E-state index is 0.371. The van der Waals surface area contributed by atoms with Crippen molar-refractivity contribution < 1.29 is 13.9 Å². The summed E-state index contributed by atoms with van der Waals surface area (Å²) in [5.74, 6) is 1.68. The first kappa shape index (κ1) is 15.0. The van der Waals surface area contributed by atoms with E-state index in [9.17, 15) is 0 Å². The number of ether oxygens (including phenoxy) is 2. The van der Waals surface area contributed by atoms with E-state index in [0.29, 0.717) is 29.9 Å². The first-order chi connectivity index (χ1) is 11.2. The van der Waals surface area contributed by atoms with Crippen molar-refractivity contribution in [3.63, 3.8) is 0 Å². The van der Waals surface area contributed by atoms with Crippen LogP contribution < -0.4 is 14.8 Å². The average Bonchev–Trinajstić information content (AvgIpc) is 3.21. The standard InChI is InChI=1S/C16H18N4O3/c1-20-8-4-5-12(20)10-17-16-19-18-15(23-16)11-6-7-13(21-2)14(9-11)22-3/h4-9H,10H2,1-3H3,(H,17,19). The number of benzene rings is 1. The summed E-state index contributed by atoms with van der Waals surface area (Å²) in [7, 11) is 5.16. The summed E-state index contributed by atoms with van der Waals surface area (Å²) in [4.78, 5) is 0. The van der Waals surface area contributed by atoms with Crippen LogP contribution in [-0.2, 0) is 13.6 Å². The molecule has 23 heavy (non-hydrogen) atoms. The molecule has 2 aromatic heterocycles. The molecular formula is C16H18N4O3. The highest BCUT2D eigenvalue weighted by atomic mass is 16.5. The van der Waals surface area contributed by atoms with Gasteiger partial charge in [0.2, 0.25) is 5.89 Å². The molecule has 120 valence electrons. The van der Waals surface area contributed by atoms with E-state index < -0.39 is 0 Å². The molecular weight excluding hydrogens is 296 g/mol. The molecule has 2 heterocycles. The molecule has 0 saturated heterocycles. The summed E-state index contributed by atoms with van der Waals surface area (Å²) in [6, 6.07) is 9.83. The maximum absolute atomic E-state index is 5.64. The van der Waals surface area contributed by atoms with Gasteiger partial charge < -0.3 is 23.8 Å². The summed E-state index contributed by atoms with van der Waals surface area (Å²) >= 11 is 0. The Morgan fingerprint density at radius 2 is 1.96 bits per heavy atom. The Balaban J connectivity index is 1.75. The minimum Gasteiger partial charge on any atom is -0.493 e. The van der Waals surface area contributed by atoms with Gasteiger partial charge in [0.1, 0.15) is 0 Å². The lowest BCUT2D eigenvalue weighted by Gasteiger charge is -2.07. The van der Waals surface area contributed by atoms with Crippen LogP contribution >= 0.6 is 0 Å². The number of rotatable bonds is 6. The third kappa shape index (κ3) is 3.13. The second-order valence-corrected chi connectivity index (χ2v) is 4.95. The lowest BCUT2D eigenvalue weighted by Crippen LogP contribution is -2.03. The van der Waals surface area contributed by atoms with E-state index >= 15 is 0 Å². The molecule has 3 aromatic rings. The van der Waals surface area contributed by atoms with Gasteiger partial charge in [-0.2, -0.15) is 0 Å². The summed E-state index contributed by atoms with van der Waals surface area (Å²) in [5.41, 5.74) is 1.89. The SMILES string of the molecule is COc1ccc(-c2nnc(NCc3cccn3C)o2)cc1OC. The zero-order valence-electron chi connectivity index (χ0n) is 13.2. The Morgan fingerprint density at radius 1 is 1.13 bits per heavy atom. The minimum absolute atomic E-state index is 0.371. The molecule has 1 N–H and O–H groups in total. The van der Waals surface area contributed by atoms with Crippen LogP contribution in [0.5, 0.6) is 11.5 Å². The summed E-state index contributed by atoms with van der Waals surface area (Å²) in [6.45, 7) is 0.608. The molecule has 3 rings (SSSR count). The lowest BCUT2D eigenvalue weighted by molar-refractivity contribution is 0.355. The van der Waals surface area contributed by atoms with E-state index in [4.69, 9.17) is 13.9 Å². The Kier molecular flexibility index (Phi) is 4.18. The van der Waals surface area contributed by atoms with Gasteiger partial charge in [-0.05, 0) is 30.3 Å². The van der Waals surface area contributed by atoms with Gasteiger partial charge in [-0.25, -0.2) is 0 Å². The van der Waals surface area contributed by atoms with Crippen LogP contribution in [0.3, 0.4) is 0 Å². The number of aryl methyl sites for hydroxylation is 1. The molecule has 0 aliphatic heterocycles. The van der Waals surface area contributed by atoms with Gasteiger partial charge >= 0.3 is 6.01 Å². The van der Waals surface area contributed by atoms with Gasteiger partial charge in [-0.15, -0.1) is 5.10 Å². The van der Waals surface area contributed by atoms with E-state index in [1.54, 1.807) is 26.4 Å². The Hall–Kier alpha value is -2.96. The van der Waals surface area contributed by atoms with E-state index in [-0.39, 0.29) is 0 Å². The van der Waals surface area contributed by atoms with Crippen LogP contribution in [0.25, 0.3) is 11.5 Å². The predicted octanol–water partition coefficient (Wildman–Crippen LogP) is 2.70. The highest BCUT2D eigenvalue weighted by Gasteiger charge is 2.12. The van der Waals surface area contributed by atoms with E-state index in [2.05, 4.69) is 15.5 Å². The maximum Gasteiger partial charge on any atom is 0.316 e. The third-order valence-electron chi connectivity index (χ3n) is 3.53. The smallest absolute Gasteiger partial charge is 0.316 e. The predicted molar refractivity (Wildman–Crippen MR) is 85.6 cm³/mol. The molecule has 0 unspecified atom stereocenters. The first-order valence-electron chi connectivity index (χ1n) is 7.11. The molecule has 7 nitrogen and oxygen atoms in total. The summed E-state index contributed by atoms with van der Waals surface area (Å²) in [6.07, 6.45) is 1.99. The quantitative estimate of drug-likeness (QED) is 0.754. The Morgan fingerprint density at radius 3 is 2.65 bits per heavy atom. The first-order valence-corrected chi connectivity index (χ1v) is 7.11. The molecule has 0 bridgehead atoms. The van der Waals surface area contributed by atoms with Crippen LogP contribution in [-0.4, -0.2) is 29.0 Å². The van der Waals surface area contributed by atoms with E-state index in [1.807, 2.05) is 36.0 Å². The van der Waals surface area contributed by atoms with E-state index in [1.165, 1.54) is 0 Å². The average molecular weight is 314 g/mol. The van der Waals surface area contributed by atoms with Gasteiger partial charge in [0.05, 0.1) is 20.8 Å². The van der Waals surface area contributed by atoms with Crippen LogP contribution in [0.1, 0.15) is 5.69 Å². The number of methoxy groups -OCH3 is 2. The third-order valence-corrected chi connectivity index (χ3v) is 3.53. The number of nitrogens with one attached hydrogen (secondary N) is 1. The van der Waals surface area contributed by atoms with Crippen molar-refractivity contribution in [3.8, 4) is 23.0 Å². The highest BCUT2D eigenvalue weighted by molar-refractivity contribution is 5.60. The van der Waals surface area contributed by atoms with Gasteiger partial charge in [0.25, 0.3) is 0 Å². The van der Waals surface area contributed by atoms with Crippen LogP contribution in [0.2, 0.25) is 0 Å². The molecule has 0 fully saturated rings. The largest absolute Gasteiger partial charge is 0.493 e. The fourth-order valence-electron chi connectivity index (χ4n) is 2.23. The van der Waals surface area contributed by atoms with Crippen LogP contribution in [0.4, 0.5) is 6.01 Å². The zero-order chi connectivity index (χ0) is 16.2. The van der Waals surface area contributed by atoms with Gasteiger partial charge in [-0.1, -0.05) is 5.10 Å². The number of hydrogen-bond acceptors (Lipinski definition) is 6. The van der Waals surface area contributed by atoms with Gasteiger partial charge in [-0.3, -0.25) is 0 Å². The van der Waals surface area contributed by atoms with E-state index in [0.717, 1.165) is 11.3 Å². The normalized spacial score (nSPS) is 10.6.